The average molecular weight is 615 g/mol. The third-order valence-electron chi connectivity index (χ3n) is 9.93. The molecule has 224 valence electrons. The summed E-state index contributed by atoms with van der Waals surface area (Å²) in [4.78, 5) is 0. The molecule has 0 bridgehead atoms. The molecule has 0 aliphatic carbocycles. The van der Waals surface area contributed by atoms with Gasteiger partial charge in [0.05, 0.1) is 21.9 Å². The molecule has 4 heteroatoms. The zero-order chi connectivity index (χ0) is 31.3. The van der Waals surface area contributed by atoms with Gasteiger partial charge in [-0.3, -0.25) is 4.57 Å². The van der Waals surface area contributed by atoms with E-state index in [1.54, 1.807) is 0 Å². The molecule has 0 atom stereocenters. The van der Waals surface area contributed by atoms with Gasteiger partial charge in [-0.15, -0.1) is 0 Å². The number of rotatable bonds is 3. The second kappa shape index (κ2) is 9.50. The first-order valence-electron chi connectivity index (χ1n) is 16.3. The highest BCUT2D eigenvalue weighted by molar-refractivity contribution is 6.22. The molecule has 0 amide bonds. The van der Waals surface area contributed by atoms with E-state index >= 15 is 0 Å². The zero-order valence-corrected chi connectivity index (χ0v) is 25.7. The van der Waals surface area contributed by atoms with Crippen LogP contribution in [0.25, 0.3) is 99.2 Å². The van der Waals surface area contributed by atoms with Gasteiger partial charge in [0.15, 0.2) is 0 Å². The van der Waals surface area contributed by atoms with Crippen LogP contribution in [0.1, 0.15) is 0 Å². The van der Waals surface area contributed by atoms with Gasteiger partial charge in [-0.25, -0.2) is 0 Å². The van der Waals surface area contributed by atoms with Crippen LogP contribution in [0.3, 0.4) is 0 Å². The van der Waals surface area contributed by atoms with Crippen molar-refractivity contribution in [3.8, 4) is 22.5 Å². The number of hydrogen-bond acceptors (Lipinski definition) is 2. The van der Waals surface area contributed by atoms with Gasteiger partial charge in [0, 0.05) is 55.3 Å². The van der Waals surface area contributed by atoms with E-state index in [4.69, 9.17) is 8.83 Å². The predicted molar refractivity (Wildman–Crippen MR) is 198 cm³/mol. The summed E-state index contributed by atoms with van der Waals surface area (Å²) in [5.41, 5.74) is 11.3. The summed E-state index contributed by atoms with van der Waals surface area (Å²) in [5, 5.41) is 8.12. The Morgan fingerprint density at radius 3 is 1.81 bits per heavy atom. The van der Waals surface area contributed by atoms with E-state index in [9.17, 15) is 0 Å². The predicted octanol–water partition coefficient (Wildman–Crippen LogP) is 12.2. The highest BCUT2D eigenvalue weighted by Gasteiger charge is 2.22. The largest absolute Gasteiger partial charge is 0.456 e. The normalized spacial score (nSPS) is 12.2. The van der Waals surface area contributed by atoms with Crippen molar-refractivity contribution in [3.63, 3.8) is 0 Å². The number of nitrogens with zero attached hydrogens (tertiary/aromatic N) is 2. The minimum atomic E-state index is 0.854. The molecule has 7 aromatic carbocycles. The fourth-order valence-corrected chi connectivity index (χ4v) is 7.87. The highest BCUT2D eigenvalue weighted by Crippen LogP contribution is 2.43. The Kier molecular flexibility index (Phi) is 5.08. The summed E-state index contributed by atoms with van der Waals surface area (Å²) in [5.74, 6) is 0. The first kappa shape index (κ1) is 25.6. The number of hydrogen-bond donors (Lipinski definition) is 0. The monoisotopic (exact) mass is 614 g/mol. The highest BCUT2D eigenvalue weighted by atomic mass is 16.3. The van der Waals surface area contributed by atoms with Crippen molar-refractivity contribution >= 4 is 76.7 Å². The molecule has 0 radical (unpaired) electrons. The Morgan fingerprint density at radius 2 is 1.02 bits per heavy atom. The number of furan rings is 2. The molecule has 0 fully saturated rings. The van der Waals surface area contributed by atoms with E-state index < -0.39 is 0 Å². The summed E-state index contributed by atoms with van der Waals surface area (Å²) in [6.07, 6.45) is 0. The molecule has 4 nitrogen and oxygen atoms in total. The summed E-state index contributed by atoms with van der Waals surface area (Å²) in [6, 6.07) is 55.7. The van der Waals surface area contributed by atoms with E-state index in [-0.39, 0.29) is 0 Å². The molecule has 0 aliphatic heterocycles. The van der Waals surface area contributed by atoms with E-state index in [1.165, 1.54) is 21.8 Å². The van der Waals surface area contributed by atoms with Crippen molar-refractivity contribution in [2.45, 2.75) is 0 Å². The van der Waals surface area contributed by atoms with Crippen LogP contribution in [0.15, 0.2) is 167 Å². The lowest BCUT2D eigenvalue weighted by Crippen LogP contribution is -1.94. The lowest BCUT2D eigenvalue weighted by Gasteiger charge is -2.11. The van der Waals surface area contributed by atoms with Crippen molar-refractivity contribution in [2.75, 3.05) is 0 Å². The quantitative estimate of drug-likeness (QED) is 0.198. The lowest BCUT2D eigenvalue weighted by molar-refractivity contribution is 0.645. The van der Waals surface area contributed by atoms with Gasteiger partial charge in [0.2, 0.25) is 5.71 Å². The summed E-state index contributed by atoms with van der Waals surface area (Å²) < 4.78 is 17.8. The number of para-hydroxylation sites is 5. The number of benzene rings is 7. The van der Waals surface area contributed by atoms with Gasteiger partial charge >= 0.3 is 0 Å². The molecule has 0 saturated heterocycles. The van der Waals surface area contributed by atoms with Crippen molar-refractivity contribution in [3.05, 3.63) is 158 Å². The van der Waals surface area contributed by atoms with Crippen molar-refractivity contribution in [1.29, 1.82) is 0 Å². The number of fused-ring (bicyclic) bond motifs is 11. The Hall–Kier alpha value is -6.52. The summed E-state index contributed by atoms with van der Waals surface area (Å²) >= 11 is 0. The Bertz CT molecular complexity index is 3010. The van der Waals surface area contributed by atoms with Crippen LogP contribution in [0, 0.1) is 0 Å². The molecule has 11 rings (SSSR count). The van der Waals surface area contributed by atoms with Crippen LogP contribution >= 0.6 is 0 Å². The molecule has 4 aromatic heterocycles. The Morgan fingerprint density at radius 1 is 0.375 bits per heavy atom. The molecule has 11 aromatic rings. The van der Waals surface area contributed by atoms with Crippen LogP contribution in [0.2, 0.25) is 0 Å². The van der Waals surface area contributed by atoms with Gasteiger partial charge in [-0.2, -0.15) is 0 Å². The first-order chi connectivity index (χ1) is 23.8. The standard InChI is InChI=1S/C44H26N2O2/c1-2-11-28(12-3-1)46-43-30(16-10-17-36(43)42-35-15-6-9-20-39(35)48-44(42)46)27-21-23-33-34-24-22-29(26-41(34)47-40(33)25-27)45-37-18-7-4-13-31(37)32-14-5-8-19-38(32)45/h1-26H. The maximum Gasteiger partial charge on any atom is 0.213 e. The average Bonchev–Trinajstić information content (AvgIpc) is 3.88. The van der Waals surface area contributed by atoms with E-state index in [2.05, 4.69) is 149 Å². The molecule has 48 heavy (non-hydrogen) atoms. The van der Waals surface area contributed by atoms with Gasteiger partial charge in [-0.1, -0.05) is 97.1 Å². The molecule has 0 aliphatic rings. The molecule has 0 unspecified atom stereocenters. The van der Waals surface area contributed by atoms with Crippen molar-refractivity contribution in [1.82, 2.24) is 9.13 Å². The van der Waals surface area contributed by atoms with Crippen LogP contribution in [0.5, 0.6) is 0 Å². The molecule has 4 heterocycles. The SMILES string of the molecule is c1ccc(-n2c3oc4ccccc4c3c3cccc(-c4ccc5c(c4)oc4cc(-n6c7ccccc7c7ccccc76)ccc45)c32)cc1. The first-order valence-corrected chi connectivity index (χ1v) is 16.3. The molecular formula is C44H26N2O2. The van der Waals surface area contributed by atoms with E-state index in [0.29, 0.717) is 0 Å². The van der Waals surface area contributed by atoms with Gasteiger partial charge < -0.3 is 13.4 Å². The molecule has 0 N–H and O–H groups in total. The fourth-order valence-electron chi connectivity index (χ4n) is 7.87. The van der Waals surface area contributed by atoms with Crippen LogP contribution in [-0.2, 0) is 0 Å². The van der Waals surface area contributed by atoms with Crippen molar-refractivity contribution in [2.24, 2.45) is 0 Å². The molecule has 0 saturated carbocycles. The van der Waals surface area contributed by atoms with E-state index in [0.717, 1.165) is 77.4 Å². The topological polar surface area (TPSA) is 36.1 Å². The summed E-state index contributed by atoms with van der Waals surface area (Å²) in [7, 11) is 0. The second-order valence-corrected chi connectivity index (χ2v) is 12.5. The fraction of sp³-hybridized carbons (Fsp3) is 0. The third kappa shape index (κ3) is 3.43. The minimum Gasteiger partial charge on any atom is -0.456 e. The van der Waals surface area contributed by atoms with Gasteiger partial charge in [0.25, 0.3) is 0 Å². The molecular weight excluding hydrogens is 588 g/mol. The Labute approximate surface area is 274 Å². The van der Waals surface area contributed by atoms with Crippen molar-refractivity contribution < 1.29 is 8.83 Å². The minimum absolute atomic E-state index is 0.854. The summed E-state index contributed by atoms with van der Waals surface area (Å²) in [6.45, 7) is 0. The number of aromatic nitrogens is 2. The van der Waals surface area contributed by atoms with Gasteiger partial charge in [0.1, 0.15) is 16.7 Å². The lowest BCUT2D eigenvalue weighted by atomic mass is 10.00. The smallest absolute Gasteiger partial charge is 0.213 e. The molecule has 0 spiro atoms. The van der Waals surface area contributed by atoms with Gasteiger partial charge in [-0.05, 0) is 60.2 Å². The maximum absolute atomic E-state index is 6.67. The second-order valence-electron chi connectivity index (χ2n) is 12.5. The van der Waals surface area contributed by atoms with Crippen LogP contribution < -0.4 is 0 Å². The maximum atomic E-state index is 6.67. The van der Waals surface area contributed by atoms with Crippen LogP contribution in [-0.4, -0.2) is 9.13 Å². The third-order valence-corrected chi connectivity index (χ3v) is 9.93. The zero-order valence-electron chi connectivity index (χ0n) is 25.7. The Balaban J connectivity index is 1.13. The van der Waals surface area contributed by atoms with E-state index in [1.807, 2.05) is 18.2 Å². The van der Waals surface area contributed by atoms with Crippen LogP contribution in [0.4, 0.5) is 0 Å².